The number of amides is 1. The Bertz CT molecular complexity index is 808. The molecule has 2 aromatic rings. The van der Waals surface area contributed by atoms with E-state index in [0.717, 1.165) is 11.1 Å². The number of aliphatic carboxylic acids is 1. The quantitative estimate of drug-likeness (QED) is 0.947. The van der Waals surface area contributed by atoms with Gasteiger partial charge in [-0.05, 0) is 34.4 Å². The van der Waals surface area contributed by atoms with Crippen LogP contribution >= 0.6 is 0 Å². The molecule has 0 aromatic heterocycles. The molecule has 118 valence electrons. The Hall–Kier alpha value is -2.62. The van der Waals surface area contributed by atoms with Crippen molar-refractivity contribution in [1.29, 1.82) is 0 Å². The highest BCUT2D eigenvalue weighted by Gasteiger charge is 2.35. The molecule has 3 rings (SSSR count). The highest BCUT2D eigenvalue weighted by molar-refractivity contribution is 5.97. The number of rotatable bonds is 3. The van der Waals surface area contributed by atoms with Crippen molar-refractivity contribution in [3.63, 3.8) is 0 Å². The van der Waals surface area contributed by atoms with E-state index < -0.39 is 5.97 Å². The van der Waals surface area contributed by atoms with Crippen LogP contribution in [0.25, 0.3) is 11.1 Å². The van der Waals surface area contributed by atoms with Gasteiger partial charge in [0.05, 0.1) is 0 Å². The Kier molecular flexibility index (Phi) is 3.48. The molecule has 4 heteroatoms. The molecule has 1 aliphatic carbocycles. The fraction of sp³-hybridized carbons (Fsp3) is 0.263. The molecule has 0 fully saturated rings. The molecule has 0 radical (unpaired) electrons. The molecule has 1 amide bonds. The van der Waals surface area contributed by atoms with Crippen LogP contribution in [0.2, 0.25) is 0 Å². The number of benzene rings is 2. The van der Waals surface area contributed by atoms with Gasteiger partial charge in [-0.25, -0.2) is 0 Å². The number of hydrogen-bond acceptors (Lipinski definition) is 2. The van der Waals surface area contributed by atoms with E-state index >= 15 is 0 Å². The third-order valence-corrected chi connectivity index (χ3v) is 4.55. The summed E-state index contributed by atoms with van der Waals surface area (Å²) in [5, 5.41) is 8.84. The van der Waals surface area contributed by atoms with Gasteiger partial charge in [-0.15, -0.1) is 0 Å². The summed E-state index contributed by atoms with van der Waals surface area (Å²) in [7, 11) is 1.50. The first-order chi connectivity index (χ1) is 10.8. The fourth-order valence-electron chi connectivity index (χ4n) is 3.33. The molecule has 23 heavy (non-hydrogen) atoms. The number of carbonyl (C=O) groups is 2. The number of hydrogen-bond donors (Lipinski definition) is 1. The first-order valence-corrected chi connectivity index (χ1v) is 7.54. The predicted molar refractivity (Wildman–Crippen MR) is 88.6 cm³/mol. The van der Waals surface area contributed by atoms with Crippen LogP contribution in [-0.2, 0) is 10.2 Å². The third kappa shape index (κ3) is 2.40. The molecular formula is C19H19NO3. The first-order valence-electron chi connectivity index (χ1n) is 7.54. The van der Waals surface area contributed by atoms with E-state index in [1.54, 1.807) is 6.07 Å². The van der Waals surface area contributed by atoms with E-state index in [1.807, 2.05) is 24.3 Å². The van der Waals surface area contributed by atoms with Crippen molar-refractivity contribution < 1.29 is 14.7 Å². The van der Waals surface area contributed by atoms with Crippen molar-refractivity contribution >= 4 is 11.9 Å². The number of carboxylic acid groups (broad SMARTS) is 1. The molecule has 2 aromatic carbocycles. The Morgan fingerprint density at radius 1 is 1.04 bits per heavy atom. The summed E-state index contributed by atoms with van der Waals surface area (Å²) >= 11 is 0. The average molecular weight is 309 g/mol. The topological polar surface area (TPSA) is 57.6 Å². The summed E-state index contributed by atoms with van der Waals surface area (Å²) in [5.41, 5.74) is 5.04. The van der Waals surface area contributed by atoms with E-state index in [-0.39, 0.29) is 17.9 Å². The third-order valence-electron chi connectivity index (χ3n) is 4.55. The van der Waals surface area contributed by atoms with Gasteiger partial charge in [0.2, 0.25) is 0 Å². The highest BCUT2D eigenvalue weighted by atomic mass is 16.4. The molecular weight excluding hydrogens is 290 g/mol. The predicted octanol–water partition coefficient (Wildman–Crippen LogP) is 3.15. The minimum atomic E-state index is -1.02. The van der Waals surface area contributed by atoms with Gasteiger partial charge in [0.15, 0.2) is 0 Å². The zero-order chi connectivity index (χ0) is 16.8. The second kappa shape index (κ2) is 5.23. The molecule has 0 aliphatic heterocycles. The van der Waals surface area contributed by atoms with Crippen LogP contribution in [0.4, 0.5) is 0 Å². The van der Waals surface area contributed by atoms with Crippen LogP contribution in [0.3, 0.4) is 0 Å². The smallest absolute Gasteiger partial charge is 0.323 e. The second-order valence-corrected chi connectivity index (χ2v) is 6.49. The number of likely N-dealkylation sites (N-methyl/N-ethyl adjacent to an activating group) is 1. The summed E-state index contributed by atoms with van der Waals surface area (Å²) in [6, 6.07) is 13.9. The van der Waals surface area contributed by atoms with Gasteiger partial charge in [-0.3, -0.25) is 9.59 Å². The van der Waals surface area contributed by atoms with Gasteiger partial charge in [-0.2, -0.15) is 0 Å². The molecule has 1 aliphatic rings. The maximum atomic E-state index is 12.4. The molecule has 0 atom stereocenters. The molecule has 0 bridgehead atoms. The van der Waals surface area contributed by atoms with Crippen molar-refractivity contribution in [2.45, 2.75) is 19.3 Å². The summed E-state index contributed by atoms with van der Waals surface area (Å²) in [6.45, 7) is 3.99. The largest absolute Gasteiger partial charge is 0.480 e. The Morgan fingerprint density at radius 2 is 1.70 bits per heavy atom. The molecule has 1 N–H and O–H groups in total. The van der Waals surface area contributed by atoms with Crippen LogP contribution in [0.5, 0.6) is 0 Å². The standard InChI is InChI=1S/C19H19NO3/c1-19(2)15-7-5-4-6-13(15)14-9-8-12(10-16(14)19)18(23)20(3)11-17(21)22/h4-10H,11H2,1-3H3,(H,21,22). The monoisotopic (exact) mass is 309 g/mol. The second-order valence-electron chi connectivity index (χ2n) is 6.49. The van der Waals surface area contributed by atoms with Crippen molar-refractivity contribution in [2.24, 2.45) is 0 Å². The van der Waals surface area contributed by atoms with Crippen LogP contribution < -0.4 is 0 Å². The molecule has 0 unspecified atom stereocenters. The summed E-state index contributed by atoms with van der Waals surface area (Å²) in [5.74, 6) is -1.29. The van der Waals surface area contributed by atoms with Crippen molar-refractivity contribution in [2.75, 3.05) is 13.6 Å². The van der Waals surface area contributed by atoms with Crippen LogP contribution in [0, 0.1) is 0 Å². The number of carbonyl (C=O) groups excluding carboxylic acids is 1. The van der Waals surface area contributed by atoms with E-state index in [1.165, 1.54) is 23.1 Å². The van der Waals surface area contributed by atoms with Gasteiger partial charge in [0.1, 0.15) is 6.54 Å². The Balaban J connectivity index is 2.03. The van der Waals surface area contributed by atoms with Gasteiger partial charge >= 0.3 is 5.97 Å². The number of nitrogens with zero attached hydrogens (tertiary/aromatic N) is 1. The minimum absolute atomic E-state index is 0.173. The zero-order valence-corrected chi connectivity index (χ0v) is 13.5. The summed E-state index contributed by atoms with van der Waals surface area (Å²) in [6.07, 6.45) is 0. The maximum absolute atomic E-state index is 12.4. The van der Waals surface area contributed by atoms with Crippen molar-refractivity contribution in [3.8, 4) is 11.1 Å². The zero-order valence-electron chi connectivity index (χ0n) is 13.5. The minimum Gasteiger partial charge on any atom is -0.480 e. The molecule has 4 nitrogen and oxygen atoms in total. The number of fused-ring (bicyclic) bond motifs is 3. The highest BCUT2D eigenvalue weighted by Crippen LogP contribution is 2.48. The van der Waals surface area contributed by atoms with Gasteiger partial charge in [0.25, 0.3) is 5.91 Å². The fourth-order valence-corrected chi connectivity index (χ4v) is 3.33. The van der Waals surface area contributed by atoms with Crippen LogP contribution in [-0.4, -0.2) is 35.5 Å². The molecule has 0 heterocycles. The van der Waals surface area contributed by atoms with E-state index in [2.05, 4.69) is 26.0 Å². The first kappa shape index (κ1) is 15.3. The SMILES string of the molecule is CN(CC(=O)O)C(=O)c1ccc2c(c1)C(C)(C)c1ccccc1-2. The van der Waals surface area contributed by atoms with E-state index in [4.69, 9.17) is 5.11 Å². The van der Waals surface area contributed by atoms with E-state index in [0.29, 0.717) is 5.56 Å². The van der Waals surface area contributed by atoms with Gasteiger partial charge in [-0.1, -0.05) is 44.2 Å². The molecule has 0 saturated heterocycles. The lowest BCUT2D eigenvalue weighted by Gasteiger charge is -2.22. The van der Waals surface area contributed by atoms with Crippen LogP contribution in [0.1, 0.15) is 35.3 Å². The lowest BCUT2D eigenvalue weighted by molar-refractivity contribution is -0.137. The van der Waals surface area contributed by atoms with E-state index in [9.17, 15) is 9.59 Å². The molecule has 0 saturated carbocycles. The van der Waals surface area contributed by atoms with Gasteiger partial charge in [0, 0.05) is 18.0 Å². The average Bonchev–Trinajstić information content (AvgIpc) is 2.74. The van der Waals surface area contributed by atoms with Gasteiger partial charge < -0.3 is 10.0 Å². The van der Waals surface area contributed by atoms with Crippen LogP contribution in [0.15, 0.2) is 42.5 Å². The normalized spacial score (nSPS) is 14.0. The summed E-state index contributed by atoms with van der Waals surface area (Å²) in [4.78, 5) is 24.4. The van der Waals surface area contributed by atoms with Crippen molar-refractivity contribution in [3.05, 3.63) is 59.2 Å². The maximum Gasteiger partial charge on any atom is 0.323 e. The Labute approximate surface area is 135 Å². The number of carboxylic acids is 1. The molecule has 0 spiro atoms. The summed E-state index contributed by atoms with van der Waals surface area (Å²) < 4.78 is 0. The Morgan fingerprint density at radius 3 is 2.39 bits per heavy atom. The lowest BCUT2D eigenvalue weighted by atomic mass is 9.82. The van der Waals surface area contributed by atoms with Crippen molar-refractivity contribution in [1.82, 2.24) is 4.90 Å². The lowest BCUT2D eigenvalue weighted by Crippen LogP contribution is -2.32.